The van der Waals surface area contributed by atoms with Gasteiger partial charge in [0.1, 0.15) is 0 Å². The lowest BCUT2D eigenvalue weighted by Crippen LogP contribution is -2.27. The molecule has 0 saturated carbocycles. The van der Waals surface area contributed by atoms with Crippen LogP contribution in [0.25, 0.3) is 0 Å². The molecule has 0 bridgehead atoms. The third-order valence-electron chi connectivity index (χ3n) is 3.85. The van der Waals surface area contributed by atoms with Crippen molar-refractivity contribution >= 4 is 11.6 Å². The predicted molar refractivity (Wildman–Crippen MR) is 92.3 cm³/mol. The van der Waals surface area contributed by atoms with Crippen LogP contribution in [0.2, 0.25) is 0 Å². The van der Waals surface area contributed by atoms with Gasteiger partial charge in [-0.3, -0.25) is 9.59 Å². The number of Topliss-reactive ketones (excluding diaryl/α,β-unsaturated/α-hetero) is 1. The Morgan fingerprint density at radius 2 is 1.70 bits per heavy atom. The summed E-state index contributed by atoms with van der Waals surface area (Å²) in [6, 6.07) is 6.90. The minimum Gasteiger partial charge on any atom is -0.371 e. The number of benzene rings is 1. The molecule has 3 nitrogen and oxygen atoms in total. The Bertz CT molecular complexity index is 662. The first kappa shape index (κ1) is 17.0. The predicted octanol–water partition coefficient (Wildman–Crippen LogP) is 3.90. The smallest absolute Gasteiger partial charge is 0.209 e. The van der Waals surface area contributed by atoms with Gasteiger partial charge in [-0.1, -0.05) is 62.8 Å². The molecule has 0 atom stereocenters. The third-order valence-corrected chi connectivity index (χ3v) is 3.85. The standard InChI is InChI=1S/C20H23NO2/c1-2-3-4-5-6-7-8-11-14-21-18-15-19(22)16-12-9-10-13-17(16)20(18)23/h9-10,12-13,15,21H,2-7,14H2,1H3. The SMILES string of the molecule is CCCCCCCC#CCNC1=CC(=O)c2ccccc2C1=O. The van der Waals surface area contributed by atoms with Crippen LogP contribution in [0.1, 0.15) is 66.2 Å². The van der Waals surface area contributed by atoms with Crippen molar-refractivity contribution in [2.24, 2.45) is 0 Å². The largest absolute Gasteiger partial charge is 0.371 e. The van der Waals surface area contributed by atoms with E-state index in [0.29, 0.717) is 23.4 Å². The molecule has 0 heterocycles. The molecule has 0 saturated heterocycles. The van der Waals surface area contributed by atoms with E-state index in [0.717, 1.165) is 12.8 Å². The number of hydrogen-bond acceptors (Lipinski definition) is 3. The highest BCUT2D eigenvalue weighted by Crippen LogP contribution is 2.19. The van der Waals surface area contributed by atoms with E-state index in [1.807, 2.05) is 0 Å². The normalized spacial score (nSPS) is 13.0. The summed E-state index contributed by atoms with van der Waals surface area (Å²) >= 11 is 0. The Kier molecular flexibility index (Phi) is 6.62. The van der Waals surface area contributed by atoms with Gasteiger partial charge in [-0.05, 0) is 6.42 Å². The molecule has 0 radical (unpaired) electrons. The fourth-order valence-corrected chi connectivity index (χ4v) is 2.55. The molecule has 1 aromatic rings. The van der Waals surface area contributed by atoms with Gasteiger partial charge in [0.25, 0.3) is 0 Å². The zero-order valence-electron chi connectivity index (χ0n) is 13.7. The Morgan fingerprint density at radius 1 is 0.957 bits per heavy atom. The van der Waals surface area contributed by atoms with E-state index < -0.39 is 0 Å². The number of carbonyl (C=O) groups is 2. The minimum atomic E-state index is -0.137. The second kappa shape index (κ2) is 8.95. The third kappa shape index (κ3) is 4.82. The van der Waals surface area contributed by atoms with E-state index in [-0.39, 0.29) is 11.6 Å². The maximum atomic E-state index is 12.3. The number of unbranched alkanes of at least 4 members (excludes halogenated alkanes) is 5. The summed E-state index contributed by atoms with van der Waals surface area (Å²) < 4.78 is 0. The molecule has 3 heteroatoms. The van der Waals surface area contributed by atoms with Crippen LogP contribution in [0.5, 0.6) is 0 Å². The van der Waals surface area contributed by atoms with Crippen molar-refractivity contribution in [3.8, 4) is 11.8 Å². The van der Waals surface area contributed by atoms with Crippen LogP contribution < -0.4 is 5.32 Å². The van der Waals surface area contributed by atoms with Crippen LogP contribution in [0.3, 0.4) is 0 Å². The van der Waals surface area contributed by atoms with E-state index >= 15 is 0 Å². The quantitative estimate of drug-likeness (QED) is 0.614. The topological polar surface area (TPSA) is 46.2 Å². The first-order valence-electron chi connectivity index (χ1n) is 8.33. The monoisotopic (exact) mass is 309 g/mol. The average molecular weight is 309 g/mol. The van der Waals surface area contributed by atoms with Gasteiger partial charge in [-0.2, -0.15) is 0 Å². The van der Waals surface area contributed by atoms with Gasteiger partial charge < -0.3 is 5.32 Å². The van der Waals surface area contributed by atoms with Crippen molar-refractivity contribution in [2.75, 3.05) is 6.54 Å². The molecule has 0 aromatic heterocycles. The van der Waals surface area contributed by atoms with Gasteiger partial charge >= 0.3 is 0 Å². The fourth-order valence-electron chi connectivity index (χ4n) is 2.55. The van der Waals surface area contributed by atoms with Crippen LogP contribution in [-0.2, 0) is 0 Å². The molecular weight excluding hydrogens is 286 g/mol. The molecule has 0 fully saturated rings. The number of hydrogen-bond donors (Lipinski definition) is 1. The van der Waals surface area contributed by atoms with Crippen LogP contribution in [-0.4, -0.2) is 18.1 Å². The minimum absolute atomic E-state index is 0.133. The van der Waals surface area contributed by atoms with Crippen molar-refractivity contribution in [2.45, 2.75) is 45.4 Å². The van der Waals surface area contributed by atoms with Gasteiger partial charge in [0.2, 0.25) is 5.78 Å². The lowest BCUT2D eigenvalue weighted by atomic mass is 9.93. The van der Waals surface area contributed by atoms with Gasteiger partial charge in [-0.15, -0.1) is 5.92 Å². The molecule has 0 aliphatic heterocycles. The number of allylic oxidation sites excluding steroid dienone is 2. The van der Waals surface area contributed by atoms with E-state index in [1.54, 1.807) is 24.3 Å². The highest BCUT2D eigenvalue weighted by molar-refractivity contribution is 6.24. The maximum absolute atomic E-state index is 12.3. The van der Waals surface area contributed by atoms with E-state index in [1.165, 1.54) is 31.8 Å². The second-order valence-electron chi connectivity index (χ2n) is 5.67. The first-order valence-corrected chi connectivity index (χ1v) is 8.33. The molecule has 23 heavy (non-hydrogen) atoms. The number of rotatable bonds is 7. The van der Waals surface area contributed by atoms with Crippen LogP contribution in [0, 0.1) is 11.8 Å². The second-order valence-corrected chi connectivity index (χ2v) is 5.67. The summed E-state index contributed by atoms with van der Waals surface area (Å²) in [5.74, 6) is 5.86. The summed E-state index contributed by atoms with van der Waals surface area (Å²) in [7, 11) is 0. The summed E-state index contributed by atoms with van der Waals surface area (Å²) in [5, 5.41) is 2.97. The molecule has 2 rings (SSSR count). The van der Waals surface area contributed by atoms with Gasteiger partial charge in [-0.25, -0.2) is 0 Å². The maximum Gasteiger partial charge on any atom is 0.209 e. The van der Waals surface area contributed by atoms with Crippen LogP contribution in [0.15, 0.2) is 36.0 Å². The van der Waals surface area contributed by atoms with Crippen molar-refractivity contribution in [1.82, 2.24) is 5.32 Å². The van der Waals surface area contributed by atoms with Crippen molar-refractivity contribution in [3.05, 3.63) is 47.2 Å². The Labute approximate surface area is 138 Å². The van der Waals surface area contributed by atoms with E-state index in [2.05, 4.69) is 24.1 Å². The zero-order valence-corrected chi connectivity index (χ0v) is 13.7. The average Bonchev–Trinajstić information content (AvgIpc) is 2.57. The van der Waals surface area contributed by atoms with E-state index in [9.17, 15) is 9.59 Å². The lowest BCUT2D eigenvalue weighted by Gasteiger charge is -2.15. The molecule has 1 aliphatic carbocycles. The van der Waals surface area contributed by atoms with E-state index in [4.69, 9.17) is 0 Å². The molecule has 120 valence electrons. The van der Waals surface area contributed by atoms with Crippen molar-refractivity contribution in [3.63, 3.8) is 0 Å². The number of fused-ring (bicyclic) bond motifs is 1. The Morgan fingerprint density at radius 3 is 2.48 bits per heavy atom. The summed E-state index contributed by atoms with van der Waals surface area (Å²) in [5.41, 5.74) is 1.28. The number of carbonyl (C=O) groups excluding carboxylic acids is 2. The molecule has 1 aliphatic rings. The highest BCUT2D eigenvalue weighted by Gasteiger charge is 2.24. The molecule has 1 N–H and O–H groups in total. The molecule has 0 unspecified atom stereocenters. The Hall–Kier alpha value is -2.34. The lowest BCUT2D eigenvalue weighted by molar-refractivity contribution is 0.0979. The molecule has 0 spiro atoms. The fraction of sp³-hybridized carbons (Fsp3) is 0.400. The van der Waals surface area contributed by atoms with Crippen molar-refractivity contribution < 1.29 is 9.59 Å². The first-order chi connectivity index (χ1) is 11.2. The highest BCUT2D eigenvalue weighted by atomic mass is 16.1. The van der Waals surface area contributed by atoms with Gasteiger partial charge in [0.15, 0.2) is 5.78 Å². The molecular formula is C20H23NO2. The van der Waals surface area contributed by atoms with Gasteiger partial charge in [0.05, 0.1) is 12.2 Å². The van der Waals surface area contributed by atoms with Gasteiger partial charge in [0, 0.05) is 23.6 Å². The summed E-state index contributed by atoms with van der Waals surface area (Å²) in [4.78, 5) is 24.3. The van der Waals surface area contributed by atoms with Crippen molar-refractivity contribution in [1.29, 1.82) is 0 Å². The van der Waals surface area contributed by atoms with Crippen LogP contribution >= 0.6 is 0 Å². The van der Waals surface area contributed by atoms with Crippen LogP contribution in [0.4, 0.5) is 0 Å². The number of nitrogens with one attached hydrogen (secondary N) is 1. The zero-order chi connectivity index (χ0) is 16.5. The summed E-state index contributed by atoms with van der Waals surface area (Å²) in [6.45, 7) is 2.60. The molecule has 0 amide bonds. The Balaban J connectivity index is 1.79. The molecule has 1 aromatic carbocycles. The number of ketones is 2. The summed E-state index contributed by atoms with van der Waals surface area (Å²) in [6.07, 6.45) is 8.43.